The van der Waals surface area contributed by atoms with Crippen LogP contribution in [0.5, 0.6) is 0 Å². The minimum Gasteiger partial charge on any atom is -0.462 e. The Labute approximate surface area is 224 Å². The van der Waals surface area contributed by atoms with Crippen molar-refractivity contribution in [3.05, 3.63) is 24.3 Å². The summed E-state index contributed by atoms with van der Waals surface area (Å²) in [6.45, 7) is 3.26. The second kappa shape index (κ2) is 26.9. The van der Waals surface area contributed by atoms with Gasteiger partial charge in [-0.15, -0.1) is 0 Å². The molecule has 0 aromatic carbocycles. The van der Waals surface area contributed by atoms with Gasteiger partial charge in [-0.25, -0.2) is 0 Å². The zero-order valence-corrected chi connectivity index (χ0v) is 23.4. The average molecular weight is 527 g/mol. The first-order valence-corrected chi connectivity index (χ1v) is 14.4. The van der Waals surface area contributed by atoms with E-state index >= 15 is 0 Å². The fraction of sp³-hybridized carbons (Fsp3) is 0.759. The summed E-state index contributed by atoms with van der Waals surface area (Å²) in [7, 11) is 0. The van der Waals surface area contributed by atoms with Gasteiger partial charge in [-0.05, 0) is 38.5 Å². The van der Waals surface area contributed by atoms with Crippen LogP contribution in [0.3, 0.4) is 0 Å². The van der Waals surface area contributed by atoms with E-state index in [1.54, 1.807) is 0 Å². The molecular weight excluding hydrogens is 472 g/mol. The minimum absolute atomic E-state index is 0.113. The lowest BCUT2D eigenvalue weighted by atomic mass is 10.1. The Balaban J connectivity index is 3.98. The van der Waals surface area contributed by atoms with Crippen molar-refractivity contribution in [2.45, 2.75) is 116 Å². The van der Waals surface area contributed by atoms with Crippen LogP contribution in [-0.2, 0) is 28.6 Å². The lowest BCUT2D eigenvalue weighted by Gasteiger charge is -2.18. The van der Waals surface area contributed by atoms with Gasteiger partial charge in [-0.1, -0.05) is 63.3 Å². The highest BCUT2D eigenvalue weighted by atomic mass is 16.6. The van der Waals surface area contributed by atoms with Gasteiger partial charge in [0.15, 0.2) is 6.10 Å². The van der Waals surface area contributed by atoms with Crippen LogP contribution in [0.2, 0.25) is 0 Å². The van der Waals surface area contributed by atoms with Crippen LogP contribution in [0.15, 0.2) is 24.3 Å². The van der Waals surface area contributed by atoms with Crippen molar-refractivity contribution in [2.75, 3.05) is 26.3 Å². The van der Waals surface area contributed by atoms with Gasteiger partial charge in [0.2, 0.25) is 0 Å². The van der Waals surface area contributed by atoms with Gasteiger partial charge in [0.1, 0.15) is 13.2 Å². The number of hydrogen-bond donors (Lipinski definition) is 2. The summed E-state index contributed by atoms with van der Waals surface area (Å²) < 4.78 is 15.8. The highest BCUT2D eigenvalue weighted by Gasteiger charge is 2.19. The van der Waals surface area contributed by atoms with Gasteiger partial charge >= 0.3 is 17.9 Å². The zero-order valence-electron chi connectivity index (χ0n) is 23.4. The molecule has 0 amide bonds. The summed E-state index contributed by atoms with van der Waals surface area (Å²) in [6.07, 6.45) is 22.6. The molecule has 0 aromatic rings. The number of allylic oxidation sites excluding steroid dienone is 4. The summed E-state index contributed by atoms with van der Waals surface area (Å²) >= 11 is 0. The zero-order chi connectivity index (χ0) is 27.4. The monoisotopic (exact) mass is 526 g/mol. The van der Waals surface area contributed by atoms with Crippen LogP contribution in [0.25, 0.3) is 0 Å². The maximum Gasteiger partial charge on any atom is 0.306 e. The predicted molar refractivity (Wildman–Crippen MR) is 145 cm³/mol. The van der Waals surface area contributed by atoms with Gasteiger partial charge in [-0.3, -0.25) is 14.4 Å². The van der Waals surface area contributed by atoms with Crippen LogP contribution < -0.4 is 11.5 Å². The van der Waals surface area contributed by atoms with E-state index in [4.69, 9.17) is 14.2 Å². The molecule has 0 fully saturated rings. The third-order valence-electron chi connectivity index (χ3n) is 5.75. The molecule has 0 aliphatic heterocycles. The van der Waals surface area contributed by atoms with Crippen LogP contribution in [0, 0.1) is 0 Å². The molecule has 1 atom stereocenters. The fourth-order valence-electron chi connectivity index (χ4n) is 3.50. The van der Waals surface area contributed by atoms with Crippen molar-refractivity contribution in [1.29, 1.82) is 0 Å². The first-order chi connectivity index (χ1) is 18.0. The van der Waals surface area contributed by atoms with Crippen molar-refractivity contribution in [3.63, 3.8) is 0 Å². The molecular formula is C29H54N2O6+2. The molecule has 1 unspecified atom stereocenters. The van der Waals surface area contributed by atoms with Gasteiger partial charge in [0.25, 0.3) is 0 Å². The Hall–Kier alpha value is -2.19. The predicted octanol–water partition coefficient (Wildman–Crippen LogP) is 3.84. The molecule has 0 saturated heterocycles. The second-order valence-corrected chi connectivity index (χ2v) is 9.37. The first-order valence-electron chi connectivity index (χ1n) is 14.4. The largest absolute Gasteiger partial charge is 0.462 e. The number of carbonyl (C=O) groups excluding carboxylic acids is 3. The minimum atomic E-state index is -0.797. The quantitative estimate of drug-likeness (QED) is 0.0803. The molecule has 37 heavy (non-hydrogen) atoms. The maximum absolute atomic E-state index is 12.1. The lowest BCUT2D eigenvalue weighted by molar-refractivity contribution is -0.368. The SMILES string of the molecule is CCCCC/C=C/C/C=C/CCCCCCCC(=O)OCC(COC(=O)CCC[NH3+])OC(=O)CCC[NH3+]. The van der Waals surface area contributed by atoms with E-state index in [1.807, 2.05) is 0 Å². The number of quaternary nitrogens is 2. The highest BCUT2D eigenvalue weighted by Crippen LogP contribution is 2.09. The smallest absolute Gasteiger partial charge is 0.306 e. The molecule has 8 nitrogen and oxygen atoms in total. The van der Waals surface area contributed by atoms with Crippen molar-refractivity contribution in [1.82, 2.24) is 0 Å². The number of unbranched alkanes of at least 4 members (excludes halogenated alkanes) is 8. The topological polar surface area (TPSA) is 134 Å². The van der Waals surface area contributed by atoms with Crippen LogP contribution in [0.4, 0.5) is 0 Å². The Morgan fingerprint density at radius 1 is 0.622 bits per heavy atom. The summed E-state index contributed by atoms with van der Waals surface area (Å²) in [5.41, 5.74) is 7.40. The molecule has 0 aliphatic rings. The molecule has 0 aromatic heterocycles. The van der Waals surface area contributed by atoms with Crippen LogP contribution >= 0.6 is 0 Å². The first kappa shape index (κ1) is 34.8. The number of ether oxygens (including phenoxy) is 3. The van der Waals surface area contributed by atoms with Crippen molar-refractivity contribution >= 4 is 17.9 Å². The molecule has 0 rings (SSSR count). The Bertz CT molecular complexity index is 636. The summed E-state index contributed by atoms with van der Waals surface area (Å²) in [5, 5.41) is 0. The van der Waals surface area contributed by atoms with E-state index in [2.05, 4.69) is 42.7 Å². The highest BCUT2D eigenvalue weighted by molar-refractivity contribution is 5.71. The molecule has 0 heterocycles. The Kier molecular flexibility index (Phi) is 25.3. The van der Waals surface area contributed by atoms with E-state index < -0.39 is 12.1 Å². The van der Waals surface area contributed by atoms with Crippen LogP contribution in [-0.4, -0.2) is 50.3 Å². The van der Waals surface area contributed by atoms with Gasteiger partial charge in [0, 0.05) is 19.3 Å². The second-order valence-electron chi connectivity index (χ2n) is 9.37. The van der Waals surface area contributed by atoms with Crippen molar-refractivity contribution in [2.24, 2.45) is 0 Å². The molecule has 0 bridgehead atoms. The molecule has 214 valence electrons. The maximum atomic E-state index is 12.1. The summed E-state index contributed by atoms with van der Waals surface area (Å²) in [6, 6.07) is 0. The Morgan fingerprint density at radius 3 is 1.68 bits per heavy atom. The number of hydrogen-bond acceptors (Lipinski definition) is 6. The number of carbonyl (C=O) groups is 3. The van der Waals surface area contributed by atoms with E-state index in [1.165, 1.54) is 25.7 Å². The molecule has 0 spiro atoms. The van der Waals surface area contributed by atoms with Crippen molar-refractivity contribution in [3.8, 4) is 0 Å². The third kappa shape index (κ3) is 25.2. The molecule has 6 N–H and O–H groups in total. The third-order valence-corrected chi connectivity index (χ3v) is 5.75. The van der Waals surface area contributed by atoms with E-state index in [0.717, 1.165) is 44.9 Å². The normalized spacial score (nSPS) is 12.2. The van der Waals surface area contributed by atoms with Gasteiger partial charge in [-0.2, -0.15) is 0 Å². The lowest BCUT2D eigenvalue weighted by Crippen LogP contribution is -2.50. The fourth-order valence-corrected chi connectivity index (χ4v) is 3.50. The van der Waals surface area contributed by atoms with Crippen LogP contribution in [0.1, 0.15) is 110 Å². The summed E-state index contributed by atoms with van der Waals surface area (Å²) in [5.74, 6) is -1.11. The summed E-state index contributed by atoms with van der Waals surface area (Å²) in [4.78, 5) is 35.8. The molecule has 0 radical (unpaired) electrons. The molecule has 8 heteroatoms. The average Bonchev–Trinajstić information content (AvgIpc) is 2.89. The standard InChI is InChI=1S/C29H52N2O6/c1-2-3-4-5-6-7-8-9-10-11-12-13-14-15-16-19-27(32)35-24-26(37-29(34)21-18-23-31)25-36-28(33)20-17-22-30/h6-7,9-10,26H,2-5,8,11-25,30-31H2,1H3/p+2/b7-6+,10-9+. The van der Waals surface area contributed by atoms with E-state index in [-0.39, 0.29) is 38.0 Å². The molecule has 0 aliphatic carbocycles. The van der Waals surface area contributed by atoms with E-state index in [0.29, 0.717) is 32.4 Å². The van der Waals surface area contributed by atoms with E-state index in [9.17, 15) is 14.4 Å². The van der Waals surface area contributed by atoms with Crippen molar-refractivity contribution < 1.29 is 40.1 Å². The van der Waals surface area contributed by atoms with Gasteiger partial charge < -0.3 is 25.7 Å². The number of rotatable bonds is 25. The molecule has 0 saturated carbocycles. The number of esters is 3. The Morgan fingerprint density at radius 2 is 1.11 bits per heavy atom. The van der Waals surface area contributed by atoms with Gasteiger partial charge in [0.05, 0.1) is 25.9 Å².